The summed E-state index contributed by atoms with van der Waals surface area (Å²) in [5.41, 5.74) is 0.938. The van der Waals surface area contributed by atoms with E-state index in [1.165, 1.54) is 19.2 Å². The van der Waals surface area contributed by atoms with Gasteiger partial charge in [0.05, 0.1) is 25.0 Å². The molecule has 1 N–H and O–H groups in total. The predicted octanol–water partition coefficient (Wildman–Crippen LogP) is 4.75. The maximum absolute atomic E-state index is 13.0. The number of halogens is 1. The molecule has 0 radical (unpaired) electrons. The van der Waals surface area contributed by atoms with Crippen molar-refractivity contribution < 1.29 is 28.6 Å². The highest BCUT2D eigenvalue weighted by Crippen LogP contribution is 2.35. The molecular formula is C26H21ClN2O6. The smallest absolute Gasteiger partial charge is 0.343 e. The van der Waals surface area contributed by atoms with Gasteiger partial charge >= 0.3 is 5.97 Å². The summed E-state index contributed by atoms with van der Waals surface area (Å²) in [6.07, 6.45) is 0. The van der Waals surface area contributed by atoms with Crippen LogP contribution in [0.2, 0.25) is 0 Å². The van der Waals surface area contributed by atoms with Crippen molar-refractivity contribution in [1.29, 1.82) is 0 Å². The van der Waals surface area contributed by atoms with Gasteiger partial charge in [0.15, 0.2) is 11.5 Å². The summed E-state index contributed by atoms with van der Waals surface area (Å²) < 4.78 is 16.2. The first-order chi connectivity index (χ1) is 16.9. The maximum Gasteiger partial charge on any atom is 0.343 e. The summed E-state index contributed by atoms with van der Waals surface area (Å²) in [5, 5.41) is 2.62. The predicted molar refractivity (Wildman–Crippen MR) is 131 cm³/mol. The van der Waals surface area contributed by atoms with E-state index < -0.39 is 17.8 Å². The quantitative estimate of drug-likeness (QED) is 0.275. The molecule has 2 amide bonds. The van der Waals surface area contributed by atoms with Crippen LogP contribution in [0, 0.1) is 0 Å². The van der Waals surface area contributed by atoms with Gasteiger partial charge in [-0.1, -0.05) is 35.9 Å². The second-order valence-corrected chi connectivity index (χ2v) is 7.66. The molecule has 0 saturated carbocycles. The molecule has 1 aliphatic rings. The lowest BCUT2D eigenvalue weighted by atomic mass is 10.2. The fraction of sp³-hybridized carbons (Fsp3) is 0.115. The normalized spacial score (nSPS) is 13.2. The zero-order valence-corrected chi connectivity index (χ0v) is 19.7. The third-order valence-electron chi connectivity index (χ3n) is 5.09. The summed E-state index contributed by atoms with van der Waals surface area (Å²) >= 11 is 6.20. The number of nitrogens with one attached hydrogen (secondary N) is 1. The van der Waals surface area contributed by atoms with Crippen LogP contribution < -0.4 is 24.4 Å². The molecule has 0 bridgehead atoms. The minimum atomic E-state index is -0.670. The first kappa shape index (κ1) is 23.8. The number of ether oxygens (including phenoxy) is 3. The van der Waals surface area contributed by atoms with E-state index in [1.807, 2.05) is 6.92 Å². The van der Waals surface area contributed by atoms with Crippen LogP contribution in [-0.2, 0) is 9.59 Å². The molecule has 0 aliphatic carbocycles. The van der Waals surface area contributed by atoms with Gasteiger partial charge in [-0.25, -0.2) is 9.69 Å². The molecule has 35 heavy (non-hydrogen) atoms. The molecule has 4 rings (SSSR count). The van der Waals surface area contributed by atoms with Crippen molar-refractivity contribution in [2.75, 3.05) is 23.9 Å². The van der Waals surface area contributed by atoms with Crippen molar-refractivity contribution in [3.05, 3.63) is 89.1 Å². The number of hydrogen-bond donors (Lipinski definition) is 1. The van der Waals surface area contributed by atoms with Gasteiger partial charge < -0.3 is 19.5 Å². The summed E-state index contributed by atoms with van der Waals surface area (Å²) in [6.45, 7) is 2.27. The fourth-order valence-corrected chi connectivity index (χ4v) is 3.66. The number of methoxy groups -OCH3 is 1. The summed E-state index contributed by atoms with van der Waals surface area (Å²) in [7, 11) is 1.44. The lowest BCUT2D eigenvalue weighted by Crippen LogP contribution is -2.32. The minimum absolute atomic E-state index is 0.0801. The Morgan fingerprint density at radius 2 is 1.51 bits per heavy atom. The molecular weight excluding hydrogens is 472 g/mol. The van der Waals surface area contributed by atoms with Gasteiger partial charge in [0, 0.05) is 5.69 Å². The lowest BCUT2D eigenvalue weighted by Gasteiger charge is -2.17. The standard InChI is InChI=1S/C26H21ClN2O6/c1-3-34-20-10-6-7-11-21(20)35-26(32)16-12-14-17(15-13-16)28-23-22(27)24(30)29(25(23)31)18-8-4-5-9-19(18)33-2/h4-15,28H,3H2,1-2H3. The summed E-state index contributed by atoms with van der Waals surface area (Å²) in [6, 6.07) is 19.7. The van der Waals surface area contributed by atoms with Gasteiger partial charge in [-0.2, -0.15) is 0 Å². The Morgan fingerprint density at radius 1 is 0.886 bits per heavy atom. The van der Waals surface area contributed by atoms with E-state index in [0.29, 0.717) is 29.5 Å². The molecule has 3 aromatic rings. The Hall–Kier alpha value is -4.30. The molecule has 0 aromatic heterocycles. The molecule has 0 fully saturated rings. The first-order valence-electron chi connectivity index (χ1n) is 10.7. The van der Waals surface area contributed by atoms with E-state index in [2.05, 4.69) is 5.32 Å². The van der Waals surface area contributed by atoms with Crippen molar-refractivity contribution in [3.8, 4) is 17.2 Å². The van der Waals surface area contributed by atoms with E-state index in [9.17, 15) is 14.4 Å². The van der Waals surface area contributed by atoms with Crippen molar-refractivity contribution >= 4 is 40.8 Å². The number of nitrogens with zero attached hydrogens (tertiary/aromatic N) is 1. The Bertz CT molecular complexity index is 1320. The van der Waals surface area contributed by atoms with Crippen LogP contribution in [0.25, 0.3) is 0 Å². The molecule has 178 valence electrons. The van der Waals surface area contributed by atoms with Crippen molar-refractivity contribution in [3.63, 3.8) is 0 Å². The Balaban J connectivity index is 1.49. The first-order valence-corrected chi connectivity index (χ1v) is 11.0. The van der Waals surface area contributed by atoms with Crippen LogP contribution in [0.4, 0.5) is 11.4 Å². The molecule has 0 atom stereocenters. The number of anilines is 2. The van der Waals surface area contributed by atoms with Crippen LogP contribution in [0.15, 0.2) is 83.5 Å². The largest absolute Gasteiger partial charge is 0.495 e. The Labute approximate surface area is 206 Å². The SMILES string of the molecule is CCOc1ccccc1OC(=O)c1ccc(NC2=C(Cl)C(=O)N(c3ccccc3OC)C2=O)cc1. The third-order valence-corrected chi connectivity index (χ3v) is 5.45. The molecule has 8 nitrogen and oxygen atoms in total. The second kappa shape index (κ2) is 10.3. The zero-order chi connectivity index (χ0) is 24.9. The van der Waals surface area contributed by atoms with E-state index in [1.54, 1.807) is 60.7 Å². The number of amides is 2. The number of benzene rings is 3. The number of carbonyl (C=O) groups is 3. The number of rotatable bonds is 8. The fourth-order valence-electron chi connectivity index (χ4n) is 3.45. The lowest BCUT2D eigenvalue weighted by molar-refractivity contribution is -0.120. The van der Waals surface area contributed by atoms with Crippen LogP contribution >= 0.6 is 11.6 Å². The van der Waals surface area contributed by atoms with E-state index in [-0.39, 0.29) is 22.0 Å². The van der Waals surface area contributed by atoms with E-state index in [4.69, 9.17) is 25.8 Å². The van der Waals surface area contributed by atoms with Crippen molar-refractivity contribution in [2.24, 2.45) is 0 Å². The topological polar surface area (TPSA) is 94.2 Å². The van der Waals surface area contributed by atoms with Crippen LogP contribution in [0.3, 0.4) is 0 Å². The second-order valence-electron chi connectivity index (χ2n) is 7.28. The van der Waals surface area contributed by atoms with Gasteiger partial charge in [0.25, 0.3) is 11.8 Å². The van der Waals surface area contributed by atoms with Crippen molar-refractivity contribution in [2.45, 2.75) is 6.92 Å². The average molecular weight is 493 g/mol. The monoisotopic (exact) mass is 492 g/mol. The number of hydrogen-bond acceptors (Lipinski definition) is 7. The highest BCUT2D eigenvalue weighted by atomic mass is 35.5. The summed E-state index contributed by atoms with van der Waals surface area (Å²) in [4.78, 5) is 39.3. The van der Waals surface area contributed by atoms with Gasteiger partial charge in [-0.3, -0.25) is 9.59 Å². The van der Waals surface area contributed by atoms with Gasteiger partial charge in [0.2, 0.25) is 0 Å². The van der Waals surface area contributed by atoms with Crippen LogP contribution in [0.5, 0.6) is 17.2 Å². The number of para-hydroxylation sites is 4. The Kier molecular flexibility index (Phi) is 7.03. The molecule has 9 heteroatoms. The van der Waals surface area contributed by atoms with E-state index in [0.717, 1.165) is 4.90 Å². The van der Waals surface area contributed by atoms with Crippen LogP contribution in [0.1, 0.15) is 17.3 Å². The molecule has 0 unspecified atom stereocenters. The maximum atomic E-state index is 13.0. The molecule has 0 saturated heterocycles. The molecule has 1 aliphatic heterocycles. The van der Waals surface area contributed by atoms with Gasteiger partial charge in [0.1, 0.15) is 16.5 Å². The highest BCUT2D eigenvalue weighted by molar-refractivity contribution is 6.53. The summed E-state index contributed by atoms with van der Waals surface area (Å²) in [5.74, 6) is -0.737. The van der Waals surface area contributed by atoms with Crippen LogP contribution in [-0.4, -0.2) is 31.5 Å². The molecule has 3 aromatic carbocycles. The van der Waals surface area contributed by atoms with E-state index >= 15 is 0 Å². The average Bonchev–Trinajstić information content (AvgIpc) is 3.08. The highest BCUT2D eigenvalue weighted by Gasteiger charge is 2.40. The molecule has 1 heterocycles. The Morgan fingerprint density at radius 3 is 2.17 bits per heavy atom. The number of carbonyl (C=O) groups excluding carboxylic acids is 3. The number of esters is 1. The van der Waals surface area contributed by atoms with Gasteiger partial charge in [-0.15, -0.1) is 0 Å². The van der Waals surface area contributed by atoms with Crippen molar-refractivity contribution in [1.82, 2.24) is 0 Å². The molecule has 0 spiro atoms. The number of imide groups is 1. The third kappa shape index (κ3) is 4.83. The van der Waals surface area contributed by atoms with Gasteiger partial charge in [-0.05, 0) is 55.5 Å². The zero-order valence-electron chi connectivity index (χ0n) is 18.9. The minimum Gasteiger partial charge on any atom is -0.495 e.